The number of para-hydroxylation sites is 1. The zero-order valence-electron chi connectivity index (χ0n) is 15.1. The maximum atomic E-state index is 12.3. The van der Waals surface area contributed by atoms with Crippen molar-refractivity contribution in [1.82, 2.24) is 10.1 Å². The summed E-state index contributed by atoms with van der Waals surface area (Å²) in [5, 5.41) is 3.95. The molecule has 6 heteroatoms. The van der Waals surface area contributed by atoms with Crippen molar-refractivity contribution in [3.63, 3.8) is 0 Å². The lowest BCUT2D eigenvalue weighted by Gasteiger charge is -2.16. The summed E-state index contributed by atoms with van der Waals surface area (Å²) < 4.78 is 15.8. The molecule has 4 rings (SSSR count). The fourth-order valence-corrected chi connectivity index (χ4v) is 3.32. The SMILES string of the molecule is COc1ccccc1-c1noc(COC(=O)c2ccc3c(c2)CCCC3)n1. The summed E-state index contributed by atoms with van der Waals surface area (Å²) >= 11 is 0. The van der Waals surface area contributed by atoms with Crippen molar-refractivity contribution in [2.45, 2.75) is 32.3 Å². The van der Waals surface area contributed by atoms with Crippen LogP contribution in [0.1, 0.15) is 40.2 Å². The van der Waals surface area contributed by atoms with Gasteiger partial charge in [-0.2, -0.15) is 4.98 Å². The van der Waals surface area contributed by atoms with Gasteiger partial charge in [0.1, 0.15) is 5.75 Å². The Labute approximate surface area is 157 Å². The van der Waals surface area contributed by atoms with Gasteiger partial charge in [-0.3, -0.25) is 0 Å². The standard InChI is InChI=1S/C21H20N2O4/c1-25-18-9-5-4-8-17(18)20-22-19(27-23-20)13-26-21(24)16-11-10-14-6-2-3-7-15(14)12-16/h4-5,8-12H,2-3,6-7,13H2,1H3. The minimum atomic E-state index is -0.389. The number of hydrogen-bond acceptors (Lipinski definition) is 6. The van der Waals surface area contributed by atoms with Crippen LogP contribution in [0.2, 0.25) is 0 Å². The topological polar surface area (TPSA) is 74.5 Å². The second-order valence-electron chi connectivity index (χ2n) is 6.48. The number of carbonyl (C=O) groups excluding carboxylic acids is 1. The average molecular weight is 364 g/mol. The Morgan fingerprint density at radius 3 is 2.78 bits per heavy atom. The highest BCUT2D eigenvalue weighted by atomic mass is 16.6. The van der Waals surface area contributed by atoms with Crippen molar-refractivity contribution in [3.05, 3.63) is 65.0 Å². The predicted molar refractivity (Wildman–Crippen MR) is 98.5 cm³/mol. The van der Waals surface area contributed by atoms with Crippen LogP contribution in [0, 0.1) is 0 Å². The van der Waals surface area contributed by atoms with Gasteiger partial charge in [0.05, 0.1) is 18.2 Å². The Morgan fingerprint density at radius 2 is 1.93 bits per heavy atom. The fourth-order valence-electron chi connectivity index (χ4n) is 3.32. The monoisotopic (exact) mass is 364 g/mol. The Bertz CT molecular complexity index is 964. The maximum Gasteiger partial charge on any atom is 0.338 e. The number of benzene rings is 2. The minimum absolute atomic E-state index is 0.0714. The molecule has 0 spiro atoms. The molecule has 0 saturated heterocycles. The van der Waals surface area contributed by atoms with E-state index in [2.05, 4.69) is 10.1 Å². The smallest absolute Gasteiger partial charge is 0.338 e. The van der Waals surface area contributed by atoms with Crippen LogP contribution in [0.4, 0.5) is 0 Å². The summed E-state index contributed by atoms with van der Waals surface area (Å²) in [5.74, 6) is 0.894. The van der Waals surface area contributed by atoms with Crippen molar-refractivity contribution in [2.75, 3.05) is 7.11 Å². The second-order valence-corrected chi connectivity index (χ2v) is 6.48. The van der Waals surface area contributed by atoms with Crippen LogP contribution < -0.4 is 4.74 Å². The number of carbonyl (C=O) groups is 1. The molecule has 0 atom stereocenters. The molecule has 1 aliphatic carbocycles. The first-order valence-electron chi connectivity index (χ1n) is 8.99. The highest BCUT2D eigenvalue weighted by molar-refractivity contribution is 5.89. The van der Waals surface area contributed by atoms with Crippen molar-refractivity contribution >= 4 is 5.97 Å². The number of nitrogens with zero attached hydrogens (tertiary/aromatic N) is 2. The highest BCUT2D eigenvalue weighted by Crippen LogP contribution is 2.27. The van der Waals surface area contributed by atoms with Crippen LogP contribution in [0.25, 0.3) is 11.4 Å². The third kappa shape index (κ3) is 3.69. The van der Waals surface area contributed by atoms with Gasteiger partial charge in [0.15, 0.2) is 6.61 Å². The number of fused-ring (bicyclic) bond motifs is 1. The lowest BCUT2D eigenvalue weighted by Crippen LogP contribution is -2.09. The second kappa shape index (κ2) is 7.61. The molecule has 0 radical (unpaired) electrons. The molecular formula is C21H20N2O4. The average Bonchev–Trinajstić information content (AvgIpc) is 3.20. The molecule has 3 aromatic rings. The van der Waals surface area contributed by atoms with E-state index in [0.29, 0.717) is 17.1 Å². The van der Waals surface area contributed by atoms with E-state index in [0.717, 1.165) is 18.4 Å². The van der Waals surface area contributed by atoms with Gasteiger partial charge in [-0.15, -0.1) is 0 Å². The van der Waals surface area contributed by atoms with Crippen molar-refractivity contribution < 1.29 is 18.8 Å². The van der Waals surface area contributed by atoms with Crippen LogP contribution in [0.3, 0.4) is 0 Å². The lowest BCUT2D eigenvalue weighted by atomic mass is 9.90. The molecule has 138 valence electrons. The number of aryl methyl sites for hydroxylation is 2. The summed E-state index contributed by atoms with van der Waals surface area (Å²) in [4.78, 5) is 16.6. The number of methoxy groups -OCH3 is 1. The van der Waals surface area contributed by atoms with Gasteiger partial charge in [-0.25, -0.2) is 4.79 Å². The molecule has 0 saturated carbocycles. The first-order chi connectivity index (χ1) is 13.2. The molecule has 2 aromatic carbocycles. The van der Waals surface area contributed by atoms with Gasteiger partial charge in [0.25, 0.3) is 5.89 Å². The molecule has 0 bridgehead atoms. The van der Waals surface area contributed by atoms with Gasteiger partial charge < -0.3 is 14.0 Å². The maximum absolute atomic E-state index is 12.3. The van der Waals surface area contributed by atoms with E-state index in [1.165, 1.54) is 24.0 Å². The Hall–Kier alpha value is -3.15. The zero-order chi connectivity index (χ0) is 18.6. The molecule has 0 unspecified atom stereocenters. The quantitative estimate of drug-likeness (QED) is 0.638. The van der Waals surface area contributed by atoms with Gasteiger partial charge in [0, 0.05) is 0 Å². The Kier molecular flexibility index (Phi) is 4.87. The minimum Gasteiger partial charge on any atom is -0.496 e. The van der Waals surface area contributed by atoms with E-state index in [1.807, 2.05) is 42.5 Å². The number of esters is 1. The van der Waals surface area contributed by atoms with E-state index in [4.69, 9.17) is 14.0 Å². The van der Waals surface area contributed by atoms with Crippen molar-refractivity contribution in [1.29, 1.82) is 0 Å². The molecule has 1 heterocycles. The molecule has 0 amide bonds. The number of ether oxygens (including phenoxy) is 2. The van der Waals surface area contributed by atoms with E-state index in [-0.39, 0.29) is 18.5 Å². The number of rotatable bonds is 5. The van der Waals surface area contributed by atoms with Crippen LogP contribution in [-0.2, 0) is 24.2 Å². The molecule has 6 nitrogen and oxygen atoms in total. The molecular weight excluding hydrogens is 344 g/mol. The van der Waals surface area contributed by atoms with Crippen LogP contribution in [0.5, 0.6) is 5.75 Å². The normalized spacial score (nSPS) is 13.1. The molecule has 1 aromatic heterocycles. The van der Waals surface area contributed by atoms with Crippen LogP contribution >= 0.6 is 0 Å². The van der Waals surface area contributed by atoms with E-state index in [1.54, 1.807) is 7.11 Å². The molecule has 0 fully saturated rings. The molecule has 1 aliphatic rings. The number of aromatic nitrogens is 2. The third-order valence-corrected chi connectivity index (χ3v) is 4.73. The summed E-state index contributed by atoms with van der Waals surface area (Å²) in [6.07, 6.45) is 4.47. The summed E-state index contributed by atoms with van der Waals surface area (Å²) in [7, 11) is 1.58. The van der Waals surface area contributed by atoms with Crippen LogP contribution in [0.15, 0.2) is 47.0 Å². The first kappa shape index (κ1) is 17.3. The van der Waals surface area contributed by atoms with E-state index >= 15 is 0 Å². The van der Waals surface area contributed by atoms with Gasteiger partial charge in [-0.05, 0) is 61.1 Å². The Balaban J connectivity index is 1.43. The third-order valence-electron chi connectivity index (χ3n) is 4.73. The lowest BCUT2D eigenvalue weighted by molar-refractivity contribution is 0.0429. The summed E-state index contributed by atoms with van der Waals surface area (Å²) in [6, 6.07) is 13.2. The summed E-state index contributed by atoms with van der Waals surface area (Å²) in [6.45, 7) is -0.0714. The molecule has 0 aliphatic heterocycles. The zero-order valence-corrected chi connectivity index (χ0v) is 15.1. The van der Waals surface area contributed by atoms with Gasteiger partial charge in [-0.1, -0.05) is 23.4 Å². The summed E-state index contributed by atoms with van der Waals surface area (Å²) in [5.41, 5.74) is 3.85. The van der Waals surface area contributed by atoms with Gasteiger partial charge >= 0.3 is 5.97 Å². The number of hydrogen-bond donors (Lipinski definition) is 0. The van der Waals surface area contributed by atoms with Crippen molar-refractivity contribution in [2.24, 2.45) is 0 Å². The Morgan fingerprint density at radius 1 is 1.11 bits per heavy atom. The highest BCUT2D eigenvalue weighted by Gasteiger charge is 2.16. The largest absolute Gasteiger partial charge is 0.496 e. The van der Waals surface area contributed by atoms with Crippen molar-refractivity contribution in [3.8, 4) is 17.1 Å². The van der Waals surface area contributed by atoms with E-state index in [9.17, 15) is 4.79 Å². The first-order valence-corrected chi connectivity index (χ1v) is 8.99. The molecule has 0 N–H and O–H groups in total. The fraction of sp³-hybridized carbons (Fsp3) is 0.286. The van der Waals surface area contributed by atoms with Gasteiger partial charge in [0.2, 0.25) is 5.82 Å². The predicted octanol–water partition coefficient (Wildman–Crippen LogP) is 3.98. The van der Waals surface area contributed by atoms with E-state index < -0.39 is 0 Å². The van der Waals surface area contributed by atoms with Crippen LogP contribution in [-0.4, -0.2) is 23.2 Å². The molecule has 27 heavy (non-hydrogen) atoms.